The summed E-state index contributed by atoms with van der Waals surface area (Å²) >= 11 is 3.30. The molecule has 0 radical (unpaired) electrons. The molecule has 2 aromatic carbocycles. The SMILES string of the molecule is Cn1c(=O)n2c3c4c(c(Br)c(F)cc4ncc31)OC[C@@H]2Cc1ccccc1. The number of nitrogens with zero attached hydrogens (tertiary/aromatic N) is 3. The van der Waals surface area contributed by atoms with Gasteiger partial charge in [0.25, 0.3) is 0 Å². The first-order chi connectivity index (χ1) is 13.1. The lowest BCUT2D eigenvalue weighted by Gasteiger charge is -2.17. The maximum absolute atomic E-state index is 14.3. The number of pyridine rings is 1. The van der Waals surface area contributed by atoms with E-state index in [1.807, 2.05) is 30.3 Å². The zero-order valence-electron chi connectivity index (χ0n) is 14.4. The molecule has 2 aromatic heterocycles. The van der Waals surface area contributed by atoms with Crippen molar-refractivity contribution in [3.05, 3.63) is 68.9 Å². The van der Waals surface area contributed by atoms with Gasteiger partial charge in [-0.25, -0.2) is 9.18 Å². The first-order valence-corrected chi connectivity index (χ1v) is 9.40. The molecule has 136 valence electrons. The molecule has 0 fully saturated rings. The van der Waals surface area contributed by atoms with Crippen LogP contribution in [0.15, 0.2) is 51.9 Å². The van der Waals surface area contributed by atoms with Crippen molar-refractivity contribution in [1.29, 1.82) is 0 Å². The highest BCUT2D eigenvalue weighted by Gasteiger charge is 2.29. The molecule has 5 nitrogen and oxygen atoms in total. The van der Waals surface area contributed by atoms with Crippen LogP contribution in [0.5, 0.6) is 5.75 Å². The third-order valence-corrected chi connectivity index (χ3v) is 5.89. The minimum Gasteiger partial charge on any atom is -0.489 e. The van der Waals surface area contributed by atoms with Gasteiger partial charge in [-0.15, -0.1) is 0 Å². The van der Waals surface area contributed by atoms with E-state index in [1.54, 1.807) is 22.4 Å². The van der Waals surface area contributed by atoms with Gasteiger partial charge >= 0.3 is 5.69 Å². The van der Waals surface area contributed by atoms with Gasteiger partial charge in [0, 0.05) is 13.1 Å². The van der Waals surface area contributed by atoms with Gasteiger partial charge in [0.15, 0.2) is 0 Å². The Kier molecular flexibility index (Phi) is 3.62. The molecule has 3 heterocycles. The number of hydrogen-bond acceptors (Lipinski definition) is 3. The predicted octanol–water partition coefficient (Wildman–Crippen LogP) is 3.97. The van der Waals surface area contributed by atoms with E-state index in [4.69, 9.17) is 4.74 Å². The predicted molar refractivity (Wildman–Crippen MR) is 105 cm³/mol. The average Bonchev–Trinajstić information content (AvgIpc) is 2.82. The molecule has 1 atom stereocenters. The Morgan fingerprint density at radius 3 is 2.89 bits per heavy atom. The van der Waals surface area contributed by atoms with Gasteiger partial charge in [0.05, 0.1) is 38.6 Å². The number of rotatable bonds is 2. The largest absolute Gasteiger partial charge is 0.489 e. The number of aromatic nitrogens is 3. The normalized spacial score (nSPS) is 16.0. The number of ether oxygens (including phenoxy) is 1. The van der Waals surface area contributed by atoms with Crippen LogP contribution < -0.4 is 10.4 Å². The maximum Gasteiger partial charge on any atom is 0.329 e. The minimum absolute atomic E-state index is 0.128. The molecule has 1 aliphatic heterocycles. The second-order valence-corrected chi connectivity index (χ2v) is 7.55. The van der Waals surface area contributed by atoms with Crippen LogP contribution in [0.25, 0.3) is 21.9 Å². The maximum atomic E-state index is 14.3. The summed E-state index contributed by atoms with van der Waals surface area (Å²) in [4.78, 5) is 17.4. The van der Waals surface area contributed by atoms with E-state index >= 15 is 0 Å². The third-order valence-electron chi connectivity index (χ3n) is 5.16. The summed E-state index contributed by atoms with van der Waals surface area (Å²) in [6.07, 6.45) is 2.26. The molecule has 0 spiro atoms. The number of benzene rings is 2. The second-order valence-electron chi connectivity index (χ2n) is 6.75. The first-order valence-electron chi connectivity index (χ1n) is 8.60. The van der Waals surface area contributed by atoms with Crippen LogP contribution in [0.2, 0.25) is 0 Å². The molecule has 4 aromatic rings. The Morgan fingerprint density at radius 1 is 1.33 bits per heavy atom. The Bertz CT molecular complexity index is 1260. The van der Waals surface area contributed by atoms with Crippen molar-refractivity contribution in [2.24, 2.45) is 7.05 Å². The molecule has 0 saturated heterocycles. The summed E-state index contributed by atoms with van der Waals surface area (Å²) < 4.78 is 24.0. The second kappa shape index (κ2) is 5.92. The molecular weight excluding hydrogens is 413 g/mol. The highest BCUT2D eigenvalue weighted by Crippen LogP contribution is 2.41. The lowest BCUT2D eigenvalue weighted by molar-refractivity contribution is 0.252. The number of aryl methyl sites for hydroxylation is 1. The Balaban J connectivity index is 1.85. The summed E-state index contributed by atoms with van der Waals surface area (Å²) in [6.45, 7) is 0.264. The lowest BCUT2D eigenvalue weighted by atomic mass is 10.1. The molecule has 0 bridgehead atoms. The van der Waals surface area contributed by atoms with Gasteiger partial charge in [-0.2, -0.15) is 0 Å². The summed E-state index contributed by atoms with van der Waals surface area (Å²) in [5, 5.41) is 0.661. The Morgan fingerprint density at radius 2 is 2.11 bits per heavy atom. The van der Waals surface area contributed by atoms with Gasteiger partial charge in [-0.1, -0.05) is 30.3 Å². The molecule has 0 N–H and O–H groups in total. The molecule has 0 amide bonds. The van der Waals surface area contributed by atoms with Crippen molar-refractivity contribution < 1.29 is 9.13 Å². The van der Waals surface area contributed by atoms with E-state index < -0.39 is 5.82 Å². The van der Waals surface area contributed by atoms with Gasteiger partial charge in [0.1, 0.15) is 18.2 Å². The number of imidazole rings is 1. The summed E-state index contributed by atoms with van der Waals surface area (Å²) in [5.41, 5.74) is 2.89. The highest BCUT2D eigenvalue weighted by molar-refractivity contribution is 9.10. The van der Waals surface area contributed by atoms with E-state index in [-0.39, 0.29) is 22.8 Å². The third kappa shape index (κ3) is 2.34. The van der Waals surface area contributed by atoms with Gasteiger partial charge in [-0.3, -0.25) is 14.1 Å². The molecule has 0 aliphatic carbocycles. The fourth-order valence-corrected chi connectivity index (χ4v) is 4.28. The van der Waals surface area contributed by atoms with Crippen LogP contribution in [-0.4, -0.2) is 20.7 Å². The van der Waals surface area contributed by atoms with Crippen LogP contribution >= 0.6 is 15.9 Å². The van der Waals surface area contributed by atoms with Crippen molar-refractivity contribution in [1.82, 2.24) is 14.1 Å². The van der Waals surface area contributed by atoms with Crippen LogP contribution in [0.4, 0.5) is 4.39 Å². The fraction of sp³-hybridized carbons (Fsp3) is 0.200. The van der Waals surface area contributed by atoms with Crippen LogP contribution in [-0.2, 0) is 13.5 Å². The van der Waals surface area contributed by atoms with Gasteiger partial charge in [-0.05, 0) is 27.9 Å². The summed E-state index contributed by atoms with van der Waals surface area (Å²) in [7, 11) is 1.73. The van der Waals surface area contributed by atoms with Gasteiger partial charge < -0.3 is 4.74 Å². The molecule has 5 rings (SSSR count). The summed E-state index contributed by atoms with van der Waals surface area (Å²) in [5.74, 6) is -0.0336. The number of halogens is 2. The van der Waals surface area contributed by atoms with E-state index in [9.17, 15) is 9.18 Å². The molecule has 0 unspecified atom stereocenters. The van der Waals surface area contributed by atoms with E-state index in [2.05, 4.69) is 20.9 Å². The van der Waals surface area contributed by atoms with Crippen molar-refractivity contribution in [3.8, 4) is 5.75 Å². The smallest absolute Gasteiger partial charge is 0.329 e. The molecule has 1 aliphatic rings. The van der Waals surface area contributed by atoms with Crippen molar-refractivity contribution in [2.75, 3.05) is 6.61 Å². The van der Waals surface area contributed by atoms with Crippen LogP contribution in [0, 0.1) is 5.82 Å². The molecule has 27 heavy (non-hydrogen) atoms. The van der Waals surface area contributed by atoms with E-state index in [1.165, 1.54) is 6.07 Å². The van der Waals surface area contributed by atoms with Gasteiger partial charge in [0.2, 0.25) is 0 Å². The Hall–Kier alpha value is -2.67. The van der Waals surface area contributed by atoms with Crippen molar-refractivity contribution >= 4 is 37.9 Å². The highest BCUT2D eigenvalue weighted by atomic mass is 79.9. The quantitative estimate of drug-likeness (QED) is 0.486. The van der Waals surface area contributed by atoms with E-state index in [0.717, 1.165) is 11.1 Å². The lowest BCUT2D eigenvalue weighted by Crippen LogP contribution is -2.30. The fourth-order valence-electron chi connectivity index (χ4n) is 3.85. The number of hydrogen-bond donors (Lipinski definition) is 0. The molecule has 7 heteroatoms. The van der Waals surface area contributed by atoms with Crippen molar-refractivity contribution in [3.63, 3.8) is 0 Å². The topological polar surface area (TPSA) is 49.0 Å². The molecular formula is C20H15BrFN3O2. The van der Waals surface area contributed by atoms with E-state index in [0.29, 0.717) is 28.6 Å². The first kappa shape index (κ1) is 16.5. The van der Waals surface area contributed by atoms with Crippen molar-refractivity contribution in [2.45, 2.75) is 12.5 Å². The van der Waals surface area contributed by atoms with Crippen LogP contribution in [0.3, 0.4) is 0 Å². The van der Waals surface area contributed by atoms with Crippen LogP contribution in [0.1, 0.15) is 11.6 Å². The zero-order chi connectivity index (χ0) is 18.7. The zero-order valence-corrected chi connectivity index (χ0v) is 16.0. The summed E-state index contributed by atoms with van der Waals surface area (Å²) in [6, 6.07) is 11.1. The Labute approximate surface area is 162 Å². The monoisotopic (exact) mass is 427 g/mol. The minimum atomic E-state index is -0.435. The standard InChI is InChI=1S/C20H15BrFN3O2/c1-24-15-9-23-14-8-13(22)17(21)19-16(14)18(15)25(20(24)26)12(10-27-19)7-11-5-3-2-4-6-11/h2-6,8-9,12H,7,10H2,1H3/t12-/m0/s1. The molecule has 0 saturated carbocycles. The average molecular weight is 428 g/mol.